The number of aromatic nitrogens is 3. The number of hydrogen-bond donors (Lipinski definition) is 9. The third-order valence-electron chi connectivity index (χ3n) is 9.52. The first-order valence-corrected chi connectivity index (χ1v) is 17.2. The number of likely N-dealkylation sites (N-methyl/N-ethyl adjacent to an activating group) is 1. The number of amides is 5. The molecule has 288 valence electrons. The van der Waals surface area contributed by atoms with Gasteiger partial charge in [0.2, 0.25) is 17.7 Å². The molecule has 8 atom stereocenters. The zero-order valence-electron chi connectivity index (χ0n) is 29.8. The third kappa shape index (κ3) is 9.87. The van der Waals surface area contributed by atoms with Crippen molar-refractivity contribution in [3.63, 3.8) is 0 Å². The quantitative estimate of drug-likeness (QED) is 0.0813. The van der Waals surface area contributed by atoms with Gasteiger partial charge in [-0.3, -0.25) is 28.7 Å². The predicted octanol–water partition coefficient (Wildman–Crippen LogP) is -1.52. The Morgan fingerprint density at radius 3 is 2.43 bits per heavy atom. The van der Waals surface area contributed by atoms with E-state index in [9.17, 15) is 43.8 Å². The SMILES string of the molecule is CC[C@H](C)[C@@H](NC(=O)N[C@@H](Cc1c[nH]c2ccccc12)C(=O)O)C(=O)N[C@H](C(=O)NC[C@H]1C[C@@H](O)[C@H](n2ccc(=O)[nH]c2=O)O1)[C@H](C)N(C)C(=O)CN. The van der Waals surface area contributed by atoms with Crippen LogP contribution < -0.4 is 38.2 Å². The van der Waals surface area contributed by atoms with Crippen LogP contribution in [0.2, 0.25) is 0 Å². The Morgan fingerprint density at radius 2 is 1.77 bits per heavy atom. The number of para-hydroxylation sites is 1. The van der Waals surface area contributed by atoms with Gasteiger partial charge in [0.1, 0.15) is 24.2 Å². The smallest absolute Gasteiger partial charge is 0.330 e. The van der Waals surface area contributed by atoms with Gasteiger partial charge in [-0.2, -0.15) is 0 Å². The maximum Gasteiger partial charge on any atom is 0.330 e. The number of aliphatic hydroxyl groups excluding tert-OH is 1. The zero-order valence-corrected chi connectivity index (χ0v) is 29.8. The molecular weight excluding hydrogens is 694 g/mol. The number of fused-ring (bicyclic) bond motifs is 1. The molecule has 19 nitrogen and oxygen atoms in total. The van der Waals surface area contributed by atoms with E-state index in [0.29, 0.717) is 12.0 Å². The zero-order chi connectivity index (χ0) is 39.0. The highest BCUT2D eigenvalue weighted by Gasteiger charge is 2.38. The first-order valence-electron chi connectivity index (χ1n) is 17.2. The van der Waals surface area contributed by atoms with Gasteiger partial charge in [-0.1, -0.05) is 38.5 Å². The second-order valence-corrected chi connectivity index (χ2v) is 13.1. The molecule has 2 aromatic heterocycles. The van der Waals surface area contributed by atoms with Gasteiger partial charge in [0, 0.05) is 55.8 Å². The fraction of sp³-hybridized carbons (Fsp3) is 0.500. The number of hydrogen-bond acceptors (Lipinski definition) is 10. The van der Waals surface area contributed by atoms with E-state index in [1.165, 1.54) is 25.1 Å². The molecule has 19 heteroatoms. The number of carbonyl (C=O) groups excluding carboxylic acids is 4. The van der Waals surface area contributed by atoms with Gasteiger partial charge >= 0.3 is 17.7 Å². The topological polar surface area (TPSA) is 283 Å². The molecule has 0 spiro atoms. The molecule has 1 saturated heterocycles. The Hall–Kier alpha value is -5.53. The lowest BCUT2D eigenvalue weighted by atomic mass is 9.97. The van der Waals surface area contributed by atoms with Crippen LogP contribution in [0.1, 0.15) is 45.4 Å². The first kappa shape index (κ1) is 40.2. The van der Waals surface area contributed by atoms with E-state index in [4.69, 9.17) is 10.5 Å². The Labute approximate surface area is 303 Å². The normalized spacial score (nSPS) is 19.7. The standard InChI is InChI=1S/C34H47N9O10/c1-5-17(2)27(41-33(51)38-23(32(49)50)12-19-15-36-22-9-7-6-8-21(19)22)30(48)40-28(18(3)42(4)26(46)14-35)29(47)37-16-20-13-24(44)31(53-20)43-11-10-25(45)39-34(43)52/h6-11,15,17-18,20,23-24,27-28,31,36,44H,5,12-14,16,35H2,1-4H3,(H,37,47)(H,40,48)(H,49,50)(H2,38,41,51)(H,39,45,52)/t17-,18-,20+,23-,24+,27+,28-,31+/m0/s1. The molecule has 0 unspecified atom stereocenters. The lowest BCUT2D eigenvalue weighted by Crippen LogP contribution is -2.63. The molecule has 1 aliphatic rings. The summed E-state index contributed by atoms with van der Waals surface area (Å²) in [5.74, 6) is -3.80. The van der Waals surface area contributed by atoms with E-state index in [1.54, 1.807) is 20.0 Å². The van der Waals surface area contributed by atoms with Crippen LogP contribution in [0.3, 0.4) is 0 Å². The van der Waals surface area contributed by atoms with Gasteiger partial charge < -0.3 is 51.8 Å². The number of rotatable bonds is 16. The van der Waals surface area contributed by atoms with Gasteiger partial charge in [-0.25, -0.2) is 14.4 Å². The molecular formula is C34H47N9O10. The number of benzene rings is 1. The fourth-order valence-electron chi connectivity index (χ4n) is 6.07. The van der Waals surface area contributed by atoms with Crippen molar-refractivity contribution in [2.24, 2.45) is 11.7 Å². The summed E-state index contributed by atoms with van der Waals surface area (Å²) >= 11 is 0. The predicted molar refractivity (Wildman–Crippen MR) is 190 cm³/mol. The van der Waals surface area contributed by atoms with E-state index in [0.717, 1.165) is 21.5 Å². The Morgan fingerprint density at radius 1 is 1.06 bits per heavy atom. The van der Waals surface area contributed by atoms with Crippen molar-refractivity contribution in [1.82, 2.24) is 40.7 Å². The molecule has 0 aliphatic carbocycles. The van der Waals surface area contributed by atoms with Crippen molar-refractivity contribution in [3.05, 3.63) is 69.1 Å². The van der Waals surface area contributed by atoms with Gasteiger partial charge in [0.15, 0.2) is 6.23 Å². The largest absolute Gasteiger partial charge is 0.480 e. The molecule has 0 saturated carbocycles. The van der Waals surface area contributed by atoms with Gasteiger partial charge in [-0.05, 0) is 24.5 Å². The molecule has 0 bridgehead atoms. The summed E-state index contributed by atoms with van der Waals surface area (Å²) in [6, 6.07) is 2.58. The van der Waals surface area contributed by atoms with Crippen molar-refractivity contribution in [1.29, 1.82) is 0 Å². The van der Waals surface area contributed by atoms with Crippen molar-refractivity contribution in [2.75, 3.05) is 20.1 Å². The summed E-state index contributed by atoms with van der Waals surface area (Å²) in [5, 5.41) is 31.6. The van der Waals surface area contributed by atoms with E-state index in [-0.39, 0.29) is 25.9 Å². The number of nitrogens with zero attached hydrogens (tertiary/aromatic N) is 2. The van der Waals surface area contributed by atoms with Crippen molar-refractivity contribution in [3.8, 4) is 0 Å². The van der Waals surface area contributed by atoms with E-state index in [2.05, 4.69) is 31.2 Å². The summed E-state index contributed by atoms with van der Waals surface area (Å²) in [4.78, 5) is 95.5. The number of aromatic amines is 2. The number of aliphatic hydroxyl groups is 1. The fourth-order valence-corrected chi connectivity index (χ4v) is 6.07. The number of nitrogens with one attached hydrogen (secondary N) is 6. The maximum absolute atomic E-state index is 13.8. The molecule has 0 radical (unpaired) electrons. The number of ether oxygens (including phenoxy) is 1. The van der Waals surface area contributed by atoms with Crippen LogP contribution in [0, 0.1) is 5.92 Å². The lowest BCUT2D eigenvalue weighted by Gasteiger charge is -2.33. The maximum atomic E-state index is 13.8. The molecule has 53 heavy (non-hydrogen) atoms. The second kappa shape index (κ2) is 17.8. The molecule has 1 fully saturated rings. The van der Waals surface area contributed by atoms with Gasteiger partial charge in [0.25, 0.3) is 5.56 Å². The molecule has 5 amide bonds. The minimum Gasteiger partial charge on any atom is -0.480 e. The van der Waals surface area contributed by atoms with Crippen molar-refractivity contribution < 1.29 is 38.9 Å². The molecule has 4 rings (SSSR count). The third-order valence-corrected chi connectivity index (χ3v) is 9.52. The highest BCUT2D eigenvalue weighted by Crippen LogP contribution is 2.27. The Bertz CT molecular complexity index is 1910. The van der Waals surface area contributed by atoms with E-state index in [1.807, 2.05) is 24.3 Å². The summed E-state index contributed by atoms with van der Waals surface area (Å²) in [7, 11) is 1.41. The molecule has 1 aliphatic heterocycles. The Balaban J connectivity index is 1.47. The number of carbonyl (C=O) groups is 5. The number of carboxylic acid groups (broad SMARTS) is 1. The van der Waals surface area contributed by atoms with E-state index >= 15 is 0 Å². The van der Waals surface area contributed by atoms with Crippen molar-refractivity contribution >= 4 is 40.6 Å². The van der Waals surface area contributed by atoms with Gasteiger partial charge in [0.05, 0.1) is 18.7 Å². The van der Waals surface area contributed by atoms with Crippen molar-refractivity contribution in [2.45, 2.75) is 82.6 Å². The van der Waals surface area contributed by atoms with Gasteiger partial charge in [-0.15, -0.1) is 0 Å². The number of urea groups is 1. The Kier molecular flexibility index (Phi) is 13.5. The van der Waals surface area contributed by atoms with Crippen LogP contribution in [-0.4, -0.2) is 116 Å². The van der Waals surface area contributed by atoms with E-state index < -0.39 is 89.5 Å². The number of nitrogens with two attached hydrogens (primary N) is 1. The summed E-state index contributed by atoms with van der Waals surface area (Å²) < 4.78 is 6.81. The van der Waals surface area contributed by atoms with Crippen LogP contribution in [0.15, 0.2) is 52.3 Å². The van der Waals surface area contributed by atoms with Crippen LogP contribution in [-0.2, 0) is 30.3 Å². The molecule has 1 aromatic carbocycles. The minimum absolute atomic E-state index is 0.0153. The highest BCUT2D eigenvalue weighted by atomic mass is 16.5. The average Bonchev–Trinajstić information content (AvgIpc) is 3.72. The molecule has 3 heterocycles. The number of aliphatic carboxylic acids is 1. The number of H-pyrrole nitrogens is 2. The molecule has 3 aromatic rings. The minimum atomic E-state index is -1.38. The van der Waals surface area contributed by atoms with Crippen LogP contribution in [0.4, 0.5) is 4.79 Å². The summed E-state index contributed by atoms with van der Waals surface area (Å²) in [6.07, 6.45) is 0.162. The molecule has 10 N–H and O–H groups in total. The number of carboxylic acids is 1. The monoisotopic (exact) mass is 741 g/mol. The summed E-state index contributed by atoms with van der Waals surface area (Å²) in [6.45, 7) is 4.46. The van der Waals surface area contributed by atoms with Crippen LogP contribution >= 0.6 is 0 Å². The second-order valence-electron chi connectivity index (χ2n) is 13.1. The van der Waals surface area contributed by atoms with Crippen LogP contribution in [0.25, 0.3) is 10.9 Å². The highest BCUT2D eigenvalue weighted by molar-refractivity contribution is 5.93. The van der Waals surface area contributed by atoms with Crippen LogP contribution in [0.5, 0.6) is 0 Å². The average molecular weight is 742 g/mol. The lowest BCUT2D eigenvalue weighted by molar-refractivity contribution is -0.139. The summed E-state index contributed by atoms with van der Waals surface area (Å²) in [5.41, 5.74) is 5.61. The first-order chi connectivity index (χ1) is 25.1.